The van der Waals surface area contributed by atoms with Crippen molar-refractivity contribution in [1.82, 2.24) is 5.32 Å². The van der Waals surface area contributed by atoms with Crippen molar-refractivity contribution >= 4 is 5.91 Å². The van der Waals surface area contributed by atoms with Gasteiger partial charge in [-0.25, -0.2) is 0 Å². The maximum absolute atomic E-state index is 13.5. The van der Waals surface area contributed by atoms with Gasteiger partial charge < -0.3 is 89.9 Å². The summed E-state index contributed by atoms with van der Waals surface area (Å²) in [6.45, 7) is 1.80. The zero-order valence-electron chi connectivity index (χ0n) is 65.3. The summed E-state index contributed by atoms with van der Waals surface area (Å²) < 4.78 is 34.5. The maximum Gasteiger partial charge on any atom is 0.220 e. The van der Waals surface area contributed by atoms with Crippen LogP contribution in [0, 0.1) is 0 Å². The molecule has 3 saturated heterocycles. The lowest BCUT2D eigenvalue weighted by molar-refractivity contribution is -0.379. The zero-order chi connectivity index (χ0) is 74.6. The molecule has 1 amide bonds. The molecule has 103 heavy (non-hydrogen) atoms. The number of hydrogen-bond donors (Lipinski definition) is 12. The minimum absolute atomic E-state index is 0.248. The van der Waals surface area contributed by atoms with Gasteiger partial charge in [-0.2, -0.15) is 0 Å². The minimum Gasteiger partial charge on any atom is -0.394 e. The second kappa shape index (κ2) is 65.0. The zero-order valence-corrected chi connectivity index (χ0v) is 65.3. The molecule has 17 atom stereocenters. The summed E-state index contributed by atoms with van der Waals surface area (Å²) in [5.74, 6) is -0.267. The predicted octanol–water partition coefficient (Wildman–Crippen LogP) is 15.3. The van der Waals surface area contributed by atoms with Crippen LogP contribution < -0.4 is 5.32 Å². The summed E-state index contributed by atoms with van der Waals surface area (Å²) in [5.41, 5.74) is 0. The highest BCUT2D eigenvalue weighted by atomic mass is 16.8. The molecule has 0 aliphatic carbocycles. The predicted molar refractivity (Wildman–Crippen MR) is 411 cm³/mol. The standard InChI is InChI=1S/C84H159NO18/c1-3-5-7-9-11-13-15-17-19-21-23-25-27-29-31-32-33-34-36-38-40-42-44-46-48-50-52-54-56-58-60-62-72(90)85-67(68(89)61-59-57-55-53-51-49-47-45-43-41-39-37-35-30-28-26-24-22-20-18-16-14-12-10-8-6-4-2)66-98-82-78(96)75(93)80(70(64-87)100-82)103-84-79(97)76(94)81(71(65-88)101-84)102-83-77(95)74(92)73(91)69(63-86)99-83/h21,23,59,61,67-71,73-84,86-89,91-97H,3-20,22,24-58,60,62-66H2,1-2H3,(H,85,90)/b23-21-,61-59+. The molecule has 0 spiro atoms. The van der Waals surface area contributed by atoms with E-state index in [4.69, 9.17) is 28.4 Å². The number of rotatable bonds is 70. The first-order valence-corrected chi connectivity index (χ1v) is 43.1. The average molecular weight is 1470 g/mol. The molecule has 3 rings (SSSR count). The maximum atomic E-state index is 13.5. The van der Waals surface area contributed by atoms with Crippen LogP contribution in [0.5, 0.6) is 0 Å². The Labute approximate surface area is 626 Å². The van der Waals surface area contributed by atoms with Gasteiger partial charge in [0.1, 0.15) is 73.2 Å². The van der Waals surface area contributed by atoms with Crippen LogP contribution in [-0.2, 0) is 33.2 Å². The number of ether oxygens (including phenoxy) is 6. The van der Waals surface area contributed by atoms with Crippen LogP contribution in [0.4, 0.5) is 0 Å². The Hall–Kier alpha value is -1.73. The van der Waals surface area contributed by atoms with Crippen LogP contribution in [0.3, 0.4) is 0 Å². The molecule has 0 bridgehead atoms. The number of aliphatic hydroxyl groups is 11. The molecule has 17 unspecified atom stereocenters. The molecule has 3 aliphatic heterocycles. The third-order valence-corrected chi connectivity index (χ3v) is 21.7. The van der Waals surface area contributed by atoms with Gasteiger partial charge in [0.25, 0.3) is 0 Å². The molecule has 0 aromatic carbocycles. The lowest BCUT2D eigenvalue weighted by Crippen LogP contribution is -2.66. The van der Waals surface area contributed by atoms with E-state index in [9.17, 15) is 61.0 Å². The Kier molecular flexibility index (Phi) is 60.3. The van der Waals surface area contributed by atoms with Crippen molar-refractivity contribution in [3.8, 4) is 0 Å². The Morgan fingerprint density at radius 1 is 0.340 bits per heavy atom. The van der Waals surface area contributed by atoms with Gasteiger partial charge >= 0.3 is 0 Å². The van der Waals surface area contributed by atoms with Crippen molar-refractivity contribution in [2.24, 2.45) is 0 Å². The monoisotopic (exact) mass is 1470 g/mol. The Morgan fingerprint density at radius 3 is 0.942 bits per heavy atom. The molecule has 0 saturated carbocycles. The molecule has 0 aromatic rings. The summed E-state index contributed by atoms with van der Waals surface area (Å²) in [7, 11) is 0. The van der Waals surface area contributed by atoms with Crippen LogP contribution in [-0.4, -0.2) is 193 Å². The van der Waals surface area contributed by atoms with E-state index in [1.54, 1.807) is 6.08 Å². The number of aliphatic hydroxyl groups excluding tert-OH is 11. The van der Waals surface area contributed by atoms with Crippen LogP contribution in [0.2, 0.25) is 0 Å². The quantitative estimate of drug-likeness (QED) is 0.0199. The van der Waals surface area contributed by atoms with Gasteiger partial charge in [0.2, 0.25) is 5.91 Å². The van der Waals surface area contributed by atoms with Gasteiger partial charge in [-0.1, -0.05) is 346 Å². The Morgan fingerprint density at radius 2 is 0.612 bits per heavy atom. The first-order valence-electron chi connectivity index (χ1n) is 43.1. The molecule has 3 aliphatic rings. The van der Waals surface area contributed by atoms with Gasteiger partial charge in [-0.3, -0.25) is 4.79 Å². The topological polar surface area (TPSA) is 307 Å². The second-order valence-corrected chi connectivity index (χ2v) is 31.0. The summed E-state index contributed by atoms with van der Waals surface area (Å²) in [5, 5.41) is 121. The van der Waals surface area contributed by atoms with Gasteiger partial charge in [0.05, 0.1) is 38.6 Å². The molecule has 3 heterocycles. The fraction of sp³-hybridized carbons (Fsp3) is 0.940. The Balaban J connectivity index is 1.35. The van der Waals surface area contributed by atoms with Gasteiger partial charge in [0.15, 0.2) is 18.9 Å². The fourth-order valence-electron chi connectivity index (χ4n) is 14.8. The lowest BCUT2D eigenvalue weighted by atomic mass is 9.96. The minimum atomic E-state index is -1.98. The number of nitrogens with one attached hydrogen (secondary N) is 1. The molecular weight excluding hydrogens is 1310 g/mol. The Bertz CT molecular complexity index is 1950. The van der Waals surface area contributed by atoms with Crippen molar-refractivity contribution in [2.45, 2.75) is 478 Å². The summed E-state index contributed by atoms with van der Waals surface area (Å²) in [6, 6.07) is -0.972. The highest BCUT2D eigenvalue weighted by Gasteiger charge is 2.54. The first kappa shape index (κ1) is 95.5. The second-order valence-electron chi connectivity index (χ2n) is 31.0. The van der Waals surface area contributed by atoms with E-state index >= 15 is 0 Å². The van der Waals surface area contributed by atoms with Gasteiger partial charge in [-0.05, 0) is 44.9 Å². The molecule has 3 fully saturated rings. The number of carbonyl (C=O) groups excluding carboxylic acids is 1. The largest absolute Gasteiger partial charge is 0.394 e. The first-order chi connectivity index (χ1) is 50.3. The molecule has 0 aromatic heterocycles. The number of amides is 1. The summed E-state index contributed by atoms with van der Waals surface area (Å²) in [6.07, 6.45) is 53.2. The van der Waals surface area contributed by atoms with E-state index in [1.165, 1.54) is 302 Å². The molecule has 12 N–H and O–H groups in total. The molecule has 19 nitrogen and oxygen atoms in total. The SMILES string of the molecule is CCCCCCCCCC/C=C\CCCCCCCCCCCCCCCCCCCCCC(=O)NC(COC1OC(CO)C(OC2OC(CO)C(OC3OC(CO)C(O)C(O)C3O)C(O)C2O)C(O)C1O)C(O)/C=C/CCCCCCCCCCCCCCCCCCCCCCCCCCC. The van der Waals surface area contributed by atoms with Crippen LogP contribution in [0.15, 0.2) is 24.3 Å². The van der Waals surface area contributed by atoms with E-state index in [-0.39, 0.29) is 18.9 Å². The number of carbonyl (C=O) groups is 1. The number of hydrogen-bond acceptors (Lipinski definition) is 18. The number of allylic oxidation sites excluding steroid dienone is 3. The van der Waals surface area contributed by atoms with Gasteiger partial charge in [0, 0.05) is 6.42 Å². The summed E-state index contributed by atoms with van der Waals surface area (Å²) >= 11 is 0. The smallest absolute Gasteiger partial charge is 0.220 e. The van der Waals surface area contributed by atoms with E-state index in [2.05, 4.69) is 31.3 Å². The average Bonchev–Trinajstić information content (AvgIpc) is 0.781. The van der Waals surface area contributed by atoms with Crippen molar-refractivity contribution < 1.29 is 89.4 Å². The fourth-order valence-corrected chi connectivity index (χ4v) is 14.8. The third kappa shape index (κ3) is 44.6. The number of unbranched alkanes of at least 4 members (excludes halogenated alkanes) is 52. The molecular formula is C84H159NO18. The molecule has 608 valence electrons. The highest BCUT2D eigenvalue weighted by molar-refractivity contribution is 5.76. The van der Waals surface area contributed by atoms with Crippen molar-refractivity contribution in [2.75, 3.05) is 26.4 Å². The molecule has 0 radical (unpaired) electrons. The van der Waals surface area contributed by atoms with E-state index in [1.807, 2.05) is 6.08 Å². The summed E-state index contributed by atoms with van der Waals surface area (Å²) in [4.78, 5) is 13.5. The van der Waals surface area contributed by atoms with Crippen molar-refractivity contribution in [3.63, 3.8) is 0 Å². The van der Waals surface area contributed by atoms with Crippen LogP contribution in [0.25, 0.3) is 0 Å². The highest BCUT2D eigenvalue weighted by Crippen LogP contribution is 2.33. The van der Waals surface area contributed by atoms with Crippen LogP contribution >= 0.6 is 0 Å². The third-order valence-electron chi connectivity index (χ3n) is 21.7. The van der Waals surface area contributed by atoms with E-state index in [0.29, 0.717) is 6.42 Å². The van der Waals surface area contributed by atoms with E-state index < -0.39 is 124 Å². The van der Waals surface area contributed by atoms with Gasteiger partial charge in [-0.15, -0.1) is 0 Å². The molecule has 19 heteroatoms. The van der Waals surface area contributed by atoms with Crippen molar-refractivity contribution in [3.05, 3.63) is 24.3 Å². The van der Waals surface area contributed by atoms with E-state index in [0.717, 1.165) is 44.9 Å². The van der Waals surface area contributed by atoms with Crippen molar-refractivity contribution in [1.29, 1.82) is 0 Å². The van der Waals surface area contributed by atoms with Crippen LogP contribution in [0.1, 0.15) is 373 Å². The lowest BCUT2D eigenvalue weighted by Gasteiger charge is -2.48. The normalized spacial score (nSPS) is 26.1.